The first-order chi connectivity index (χ1) is 18.0. The van der Waals surface area contributed by atoms with Crippen molar-refractivity contribution in [2.75, 3.05) is 64.5 Å². The molecule has 1 saturated carbocycles. The smallest absolute Gasteiger partial charge is 0.251 e. The largest absolute Gasteiger partial charge is 0.383 e. The van der Waals surface area contributed by atoms with Crippen molar-refractivity contribution in [2.24, 2.45) is 5.92 Å². The van der Waals surface area contributed by atoms with E-state index in [-0.39, 0.29) is 90.6 Å². The van der Waals surface area contributed by atoms with E-state index in [2.05, 4.69) is 15.1 Å². The van der Waals surface area contributed by atoms with Crippen LogP contribution in [-0.2, 0) is 19.1 Å². The highest BCUT2D eigenvalue weighted by atomic mass is 32.1. The number of nitrogens with one attached hydrogen (secondary N) is 1. The van der Waals surface area contributed by atoms with Gasteiger partial charge in [0.2, 0.25) is 5.91 Å². The molecule has 9 nitrogen and oxygen atoms in total. The van der Waals surface area contributed by atoms with Crippen LogP contribution in [0.15, 0.2) is 24.3 Å². The Bertz CT molecular complexity index is 996. The van der Waals surface area contributed by atoms with Crippen molar-refractivity contribution in [3.63, 3.8) is 0 Å². The van der Waals surface area contributed by atoms with Gasteiger partial charge in [-0.25, -0.2) is 4.39 Å². The Morgan fingerprint density at radius 2 is 1.68 bits per heavy atom. The highest BCUT2D eigenvalue weighted by Crippen LogP contribution is 2.34. The molecule has 3 aliphatic heterocycles. The molecule has 41 heavy (non-hydrogen) atoms. The molecule has 234 valence electrons. The summed E-state index contributed by atoms with van der Waals surface area (Å²) in [6, 6.07) is 5.79. The number of benzene rings is 1. The molecule has 14 heteroatoms. The minimum atomic E-state index is -1.39. The number of methoxy groups -OCH3 is 1. The number of likely N-dealkylation sites (tertiary alicyclic amines) is 1. The Morgan fingerprint density at radius 3 is 2.29 bits per heavy atom. The fraction of sp³-hybridized carbons (Fsp3) is 0.667. The van der Waals surface area contributed by atoms with Crippen LogP contribution in [0.3, 0.4) is 0 Å². The number of piperazine rings is 1. The van der Waals surface area contributed by atoms with E-state index in [1.165, 1.54) is 4.90 Å². The Kier molecular flexibility index (Phi) is 15.9. The number of fused-ring (bicyclic) bond motifs is 1. The first-order valence-electron chi connectivity index (χ1n) is 13.4. The second-order valence-electron chi connectivity index (χ2n) is 10.6. The number of hydrogen-bond acceptors (Lipinski definition) is 7. The van der Waals surface area contributed by atoms with Crippen molar-refractivity contribution >= 4 is 77.3 Å². The molecule has 3 saturated heterocycles. The van der Waals surface area contributed by atoms with Gasteiger partial charge in [0.15, 0.2) is 5.78 Å². The molecule has 0 unspecified atom stereocenters. The average Bonchev–Trinajstić information content (AvgIpc) is 3.66. The maximum absolute atomic E-state index is 14.5. The number of ketones is 1. The quantitative estimate of drug-likeness (QED) is 0.458. The second kappa shape index (κ2) is 17.2. The highest BCUT2D eigenvalue weighted by Gasteiger charge is 2.54. The number of anilines is 1. The first-order valence-corrected chi connectivity index (χ1v) is 13.4. The molecule has 1 N–H and O–H groups in total. The van der Waals surface area contributed by atoms with Gasteiger partial charge in [0, 0.05) is 51.1 Å². The lowest BCUT2D eigenvalue weighted by Gasteiger charge is -2.36. The monoisotopic (exact) mass is 652 g/mol. The van der Waals surface area contributed by atoms with Crippen molar-refractivity contribution in [1.82, 2.24) is 15.1 Å². The molecule has 4 fully saturated rings. The Labute approximate surface area is 270 Å². The van der Waals surface area contributed by atoms with E-state index in [4.69, 9.17) is 9.47 Å². The highest BCUT2D eigenvalue weighted by molar-refractivity contribution is 7.59. The van der Waals surface area contributed by atoms with Crippen LogP contribution in [0.5, 0.6) is 0 Å². The van der Waals surface area contributed by atoms with Gasteiger partial charge < -0.3 is 24.6 Å². The van der Waals surface area contributed by atoms with Crippen molar-refractivity contribution < 1.29 is 28.2 Å². The van der Waals surface area contributed by atoms with Crippen molar-refractivity contribution in [3.8, 4) is 0 Å². The van der Waals surface area contributed by atoms with Crippen molar-refractivity contribution in [1.29, 1.82) is 0 Å². The number of nitrogens with zero attached hydrogens (tertiary/aromatic N) is 3. The van der Waals surface area contributed by atoms with Crippen LogP contribution < -0.4 is 10.2 Å². The molecule has 1 aromatic rings. The number of Topliss-reactive ketones (excluding diaryl/α,β-unsaturated/α-hetero) is 1. The molecule has 1 aromatic carbocycles. The SMILES string of the molecule is COCCN1CCN(c2ccc(C(=O)N[C@H](C(=O)N3C[C@@H](F)[C@H]4OCC(=O)[C@H]43)C3CCCC3)cc2)CC1.S.S.S.S. The summed E-state index contributed by atoms with van der Waals surface area (Å²) in [4.78, 5) is 45.2. The molecular weight excluding hydrogens is 608 g/mol. The molecule has 4 atom stereocenters. The zero-order valence-corrected chi connectivity index (χ0v) is 27.4. The van der Waals surface area contributed by atoms with E-state index in [0.717, 1.165) is 70.7 Å². The first kappa shape index (κ1) is 37.9. The number of amides is 2. The third-order valence-corrected chi connectivity index (χ3v) is 8.31. The fourth-order valence-electron chi connectivity index (χ4n) is 6.17. The average molecular weight is 653 g/mol. The number of carbonyl (C=O) groups is 3. The van der Waals surface area contributed by atoms with Gasteiger partial charge in [0.1, 0.15) is 31.0 Å². The molecule has 1 aliphatic carbocycles. The maximum atomic E-state index is 14.5. The van der Waals surface area contributed by atoms with E-state index in [1.54, 1.807) is 19.2 Å². The minimum absolute atomic E-state index is 0. The van der Waals surface area contributed by atoms with Gasteiger partial charge in [-0.05, 0) is 43.0 Å². The predicted octanol–water partition coefficient (Wildman–Crippen LogP) is 1.71. The van der Waals surface area contributed by atoms with E-state index in [9.17, 15) is 18.8 Å². The lowest BCUT2D eigenvalue weighted by atomic mass is 9.95. The van der Waals surface area contributed by atoms with Crippen LogP contribution in [0.4, 0.5) is 10.1 Å². The van der Waals surface area contributed by atoms with Crippen LogP contribution in [0.1, 0.15) is 36.0 Å². The summed E-state index contributed by atoms with van der Waals surface area (Å²) in [6.07, 6.45) is 1.31. The normalized spacial score (nSPS) is 24.8. The second-order valence-corrected chi connectivity index (χ2v) is 10.6. The predicted molar refractivity (Wildman–Crippen MR) is 177 cm³/mol. The number of carbonyl (C=O) groups excluding carboxylic acids is 3. The van der Waals surface area contributed by atoms with E-state index >= 15 is 0 Å². The molecule has 0 bridgehead atoms. The van der Waals surface area contributed by atoms with Crippen LogP contribution in [0, 0.1) is 5.92 Å². The summed E-state index contributed by atoms with van der Waals surface area (Å²) in [5, 5.41) is 2.95. The number of alkyl halides is 1. The van der Waals surface area contributed by atoms with Crippen LogP contribution >= 0.6 is 54.0 Å². The summed E-state index contributed by atoms with van der Waals surface area (Å²) >= 11 is 0. The summed E-state index contributed by atoms with van der Waals surface area (Å²) < 4.78 is 25.0. The topological polar surface area (TPSA) is 91.4 Å². The lowest BCUT2D eigenvalue weighted by molar-refractivity contribution is -0.139. The van der Waals surface area contributed by atoms with Gasteiger partial charge in [0.25, 0.3) is 5.91 Å². The van der Waals surface area contributed by atoms with Gasteiger partial charge in [-0.1, -0.05) is 12.8 Å². The molecule has 0 aromatic heterocycles. The Hall–Kier alpha value is -1.16. The van der Waals surface area contributed by atoms with Crippen LogP contribution in [-0.4, -0.2) is 111 Å². The fourth-order valence-corrected chi connectivity index (χ4v) is 6.17. The number of hydrogen-bond donors (Lipinski definition) is 1. The maximum Gasteiger partial charge on any atom is 0.251 e. The lowest BCUT2D eigenvalue weighted by Crippen LogP contribution is -2.54. The molecule has 4 aliphatic rings. The molecular formula is C27H45FN4O5S4. The van der Waals surface area contributed by atoms with Gasteiger partial charge in [-0.2, -0.15) is 54.0 Å². The van der Waals surface area contributed by atoms with Crippen LogP contribution in [0.25, 0.3) is 0 Å². The molecule has 2 amide bonds. The third-order valence-electron chi connectivity index (χ3n) is 8.31. The van der Waals surface area contributed by atoms with E-state index in [0.29, 0.717) is 5.56 Å². The molecule has 5 rings (SSSR count). The number of ether oxygens (including phenoxy) is 2. The van der Waals surface area contributed by atoms with E-state index < -0.39 is 24.4 Å². The van der Waals surface area contributed by atoms with Crippen molar-refractivity contribution in [2.45, 2.75) is 50.0 Å². The van der Waals surface area contributed by atoms with Gasteiger partial charge >= 0.3 is 0 Å². The number of halogens is 1. The zero-order chi connectivity index (χ0) is 25.9. The van der Waals surface area contributed by atoms with Crippen LogP contribution in [0.2, 0.25) is 0 Å². The van der Waals surface area contributed by atoms with E-state index in [1.807, 2.05) is 12.1 Å². The van der Waals surface area contributed by atoms with Gasteiger partial charge in [-0.15, -0.1) is 0 Å². The number of rotatable bonds is 8. The molecule has 0 radical (unpaired) electrons. The summed E-state index contributed by atoms with van der Waals surface area (Å²) in [5.74, 6) is -1.01. The molecule has 3 heterocycles. The Morgan fingerprint density at radius 1 is 1.05 bits per heavy atom. The summed E-state index contributed by atoms with van der Waals surface area (Å²) in [7, 11) is 1.71. The van der Waals surface area contributed by atoms with Crippen molar-refractivity contribution in [3.05, 3.63) is 29.8 Å². The Balaban J connectivity index is 0.00000210. The summed E-state index contributed by atoms with van der Waals surface area (Å²) in [6.45, 7) is 5.04. The minimum Gasteiger partial charge on any atom is -0.383 e. The zero-order valence-electron chi connectivity index (χ0n) is 23.4. The van der Waals surface area contributed by atoms with Gasteiger partial charge in [0.05, 0.1) is 13.2 Å². The van der Waals surface area contributed by atoms with Gasteiger partial charge in [-0.3, -0.25) is 19.3 Å². The third kappa shape index (κ3) is 8.48. The standard InChI is InChI=1S/C27H37FN4O5.4H2S/c1-36-15-14-30-10-12-31(13-11-30)20-8-6-19(7-9-20)26(34)29-23(18-4-2-3-5-18)27(35)32-16-21(28)25-24(32)22(33)17-37-25;;;;/h6-9,18,21,23-25H,2-5,10-17H2,1H3,(H,29,34);4*1H2/t21-,23+,24-,25-;;;;/m1..../s1. The summed E-state index contributed by atoms with van der Waals surface area (Å²) in [5.41, 5.74) is 1.53. The molecule has 0 spiro atoms.